The third-order valence-corrected chi connectivity index (χ3v) is 2.32. The van der Waals surface area contributed by atoms with Crippen LogP contribution in [0, 0.1) is 5.92 Å². The molecule has 3 N–H and O–H groups in total. The molecule has 4 heteroatoms. The number of hydrogen-bond donors (Lipinski definition) is 2. The first-order chi connectivity index (χ1) is 7.43. The lowest BCUT2D eigenvalue weighted by molar-refractivity contribution is 0.205. The molecule has 0 unspecified atom stereocenters. The summed E-state index contributed by atoms with van der Waals surface area (Å²) in [5.74, 6) is 0.751. The van der Waals surface area contributed by atoms with Crippen LogP contribution >= 0.6 is 11.6 Å². The fourth-order valence-electron chi connectivity index (χ4n) is 1.15. The second kappa shape index (κ2) is 7.99. The Labute approximate surface area is 101 Å². The van der Waals surface area contributed by atoms with Crippen LogP contribution < -0.4 is 5.73 Å². The average Bonchev–Trinajstić information content (AvgIpc) is 2.15. The van der Waals surface area contributed by atoms with E-state index in [1.54, 1.807) is 0 Å². The highest BCUT2D eigenvalue weighted by atomic mass is 35.5. The Morgan fingerprint density at radius 1 is 1.44 bits per heavy atom. The van der Waals surface area contributed by atoms with Crippen LogP contribution in [-0.2, 0) is 6.42 Å². The van der Waals surface area contributed by atoms with Crippen LogP contribution in [0.1, 0.15) is 25.8 Å². The Hall–Kier alpha value is -1.22. The van der Waals surface area contributed by atoms with Gasteiger partial charge in [0.2, 0.25) is 0 Å². The number of carboxylic acid groups (broad SMARTS) is 1. The van der Waals surface area contributed by atoms with Gasteiger partial charge in [0.05, 0.1) is 0 Å². The zero-order valence-electron chi connectivity index (χ0n) is 9.61. The number of amides is 1. The minimum atomic E-state index is -1.33. The lowest BCUT2D eigenvalue weighted by Gasteiger charge is -2.05. The summed E-state index contributed by atoms with van der Waals surface area (Å²) in [6.45, 7) is 4.47. The van der Waals surface area contributed by atoms with Crippen molar-refractivity contribution < 1.29 is 9.90 Å². The van der Waals surface area contributed by atoms with Crippen molar-refractivity contribution in [3.05, 3.63) is 34.9 Å². The molecule has 0 saturated carbocycles. The molecule has 0 fully saturated rings. The van der Waals surface area contributed by atoms with Gasteiger partial charge in [0.15, 0.2) is 0 Å². The van der Waals surface area contributed by atoms with Crippen LogP contribution in [0.4, 0.5) is 4.79 Å². The van der Waals surface area contributed by atoms with E-state index in [1.165, 1.54) is 12.0 Å². The molecule has 0 bridgehead atoms. The second-order valence-corrected chi connectivity index (χ2v) is 4.27. The third-order valence-electron chi connectivity index (χ3n) is 1.95. The maximum Gasteiger partial charge on any atom is 0.402 e. The van der Waals surface area contributed by atoms with E-state index < -0.39 is 6.09 Å². The zero-order chi connectivity index (χ0) is 12.6. The highest BCUT2D eigenvalue weighted by Crippen LogP contribution is 2.18. The van der Waals surface area contributed by atoms with E-state index in [4.69, 9.17) is 21.5 Å². The standard InChI is InChI=1S/C11H15Cl.CH3NO2/c1-9(2)7-8-10-5-3-4-6-11(10)12;2-1(3)4/h3-6,9H,7-8H2,1-2H3;2H2,(H,3,4). The molecular formula is C12H18ClNO2. The maximum atomic E-state index is 8.78. The van der Waals surface area contributed by atoms with Gasteiger partial charge >= 0.3 is 6.09 Å². The molecule has 0 saturated heterocycles. The first-order valence-electron chi connectivity index (χ1n) is 5.15. The van der Waals surface area contributed by atoms with Crippen molar-refractivity contribution in [1.29, 1.82) is 0 Å². The van der Waals surface area contributed by atoms with E-state index in [1.807, 2.05) is 18.2 Å². The van der Waals surface area contributed by atoms with E-state index in [9.17, 15) is 0 Å². The molecule has 16 heavy (non-hydrogen) atoms. The Morgan fingerprint density at radius 2 is 1.94 bits per heavy atom. The van der Waals surface area contributed by atoms with Gasteiger partial charge in [0.25, 0.3) is 0 Å². The average molecular weight is 244 g/mol. The Morgan fingerprint density at radius 3 is 2.38 bits per heavy atom. The van der Waals surface area contributed by atoms with Crippen molar-refractivity contribution in [3.8, 4) is 0 Å². The fraction of sp³-hybridized carbons (Fsp3) is 0.417. The molecule has 0 radical (unpaired) electrons. The number of nitrogens with two attached hydrogens (primary N) is 1. The normalized spacial score (nSPS) is 9.50. The quantitative estimate of drug-likeness (QED) is 0.853. The SMILES string of the molecule is CC(C)CCc1ccccc1Cl.NC(=O)O. The topological polar surface area (TPSA) is 63.3 Å². The molecule has 1 aromatic rings. The largest absolute Gasteiger partial charge is 0.465 e. The van der Waals surface area contributed by atoms with E-state index in [0.29, 0.717) is 0 Å². The van der Waals surface area contributed by atoms with Gasteiger partial charge in [-0.25, -0.2) is 4.79 Å². The van der Waals surface area contributed by atoms with Gasteiger partial charge in [-0.2, -0.15) is 0 Å². The maximum absolute atomic E-state index is 8.78. The molecule has 3 nitrogen and oxygen atoms in total. The van der Waals surface area contributed by atoms with Crippen LogP contribution in [0.15, 0.2) is 24.3 Å². The van der Waals surface area contributed by atoms with E-state index >= 15 is 0 Å². The van der Waals surface area contributed by atoms with Gasteiger partial charge in [-0.3, -0.25) is 0 Å². The predicted molar refractivity (Wildman–Crippen MR) is 66.8 cm³/mol. The number of halogens is 1. The first-order valence-corrected chi connectivity index (χ1v) is 5.53. The van der Waals surface area contributed by atoms with Crippen molar-refractivity contribution in [3.63, 3.8) is 0 Å². The monoisotopic (exact) mass is 243 g/mol. The summed E-state index contributed by atoms with van der Waals surface area (Å²) in [6.07, 6.45) is 0.973. The number of carbonyl (C=O) groups is 1. The molecule has 0 aliphatic rings. The zero-order valence-corrected chi connectivity index (χ0v) is 10.4. The Kier molecular flexibility index (Phi) is 7.38. The van der Waals surface area contributed by atoms with Crippen molar-refractivity contribution in [2.24, 2.45) is 11.7 Å². The summed E-state index contributed by atoms with van der Waals surface area (Å²) < 4.78 is 0. The smallest absolute Gasteiger partial charge is 0.402 e. The molecule has 0 aliphatic heterocycles. The molecule has 1 rings (SSSR count). The molecule has 0 spiro atoms. The summed E-state index contributed by atoms with van der Waals surface area (Å²) in [5.41, 5.74) is 5.30. The van der Waals surface area contributed by atoms with E-state index in [-0.39, 0.29) is 0 Å². The van der Waals surface area contributed by atoms with Gasteiger partial charge in [-0.15, -0.1) is 0 Å². The van der Waals surface area contributed by atoms with Crippen LogP contribution in [0.3, 0.4) is 0 Å². The van der Waals surface area contributed by atoms with Crippen LogP contribution in [0.5, 0.6) is 0 Å². The number of benzene rings is 1. The summed E-state index contributed by atoms with van der Waals surface area (Å²) in [7, 11) is 0. The minimum Gasteiger partial charge on any atom is -0.465 e. The number of aryl methyl sites for hydroxylation is 1. The summed E-state index contributed by atoms with van der Waals surface area (Å²) in [4.78, 5) is 8.78. The lowest BCUT2D eigenvalue weighted by Crippen LogP contribution is -2.03. The summed E-state index contributed by atoms with van der Waals surface area (Å²) >= 11 is 6.01. The Bertz CT molecular complexity index is 323. The van der Waals surface area contributed by atoms with Gasteiger partial charge in [-0.05, 0) is 30.4 Å². The predicted octanol–water partition coefficient (Wildman–Crippen LogP) is 3.55. The molecule has 0 heterocycles. The number of rotatable bonds is 3. The van der Waals surface area contributed by atoms with Crippen molar-refractivity contribution in [1.82, 2.24) is 0 Å². The molecule has 1 aromatic carbocycles. The minimum absolute atomic E-state index is 0.751. The third kappa shape index (κ3) is 8.12. The van der Waals surface area contributed by atoms with Crippen molar-refractivity contribution in [2.45, 2.75) is 26.7 Å². The molecule has 1 amide bonds. The second-order valence-electron chi connectivity index (χ2n) is 3.86. The highest BCUT2D eigenvalue weighted by Gasteiger charge is 1.99. The van der Waals surface area contributed by atoms with E-state index in [0.717, 1.165) is 17.4 Å². The Balaban J connectivity index is 0.000000487. The van der Waals surface area contributed by atoms with Gasteiger partial charge in [0.1, 0.15) is 0 Å². The number of primary amides is 1. The lowest BCUT2D eigenvalue weighted by atomic mass is 10.0. The van der Waals surface area contributed by atoms with Crippen LogP contribution in [0.2, 0.25) is 5.02 Å². The van der Waals surface area contributed by atoms with E-state index in [2.05, 4.69) is 25.6 Å². The molecule has 0 atom stereocenters. The van der Waals surface area contributed by atoms with Gasteiger partial charge < -0.3 is 10.8 Å². The summed E-state index contributed by atoms with van der Waals surface area (Å²) in [6, 6.07) is 8.07. The summed E-state index contributed by atoms with van der Waals surface area (Å²) in [5, 5.41) is 8.10. The molecule has 90 valence electrons. The molecule has 0 aromatic heterocycles. The molecular weight excluding hydrogens is 226 g/mol. The van der Waals surface area contributed by atoms with Gasteiger partial charge in [-0.1, -0.05) is 43.6 Å². The highest BCUT2D eigenvalue weighted by molar-refractivity contribution is 6.31. The number of hydrogen-bond acceptors (Lipinski definition) is 1. The van der Waals surface area contributed by atoms with Crippen LogP contribution in [0.25, 0.3) is 0 Å². The van der Waals surface area contributed by atoms with Gasteiger partial charge in [0, 0.05) is 5.02 Å². The fourth-order valence-corrected chi connectivity index (χ4v) is 1.38. The van der Waals surface area contributed by atoms with Crippen molar-refractivity contribution >= 4 is 17.7 Å². The van der Waals surface area contributed by atoms with Crippen LogP contribution in [-0.4, -0.2) is 11.2 Å². The first kappa shape index (κ1) is 14.8. The molecule has 0 aliphatic carbocycles. The van der Waals surface area contributed by atoms with Crippen molar-refractivity contribution in [2.75, 3.05) is 0 Å².